The number of carbonyl (C=O) groups excluding carboxylic acids is 1. The molecule has 0 unspecified atom stereocenters. The van der Waals surface area contributed by atoms with E-state index in [1.165, 1.54) is 0 Å². The summed E-state index contributed by atoms with van der Waals surface area (Å²) < 4.78 is 6.60. The number of fused-ring (bicyclic) bond motifs is 1. The Labute approximate surface area is 141 Å². The topological polar surface area (TPSA) is 38.3 Å². The second-order valence-corrected chi connectivity index (χ2v) is 6.55. The van der Waals surface area contributed by atoms with E-state index in [1.54, 1.807) is 11.3 Å². The summed E-state index contributed by atoms with van der Waals surface area (Å²) in [7, 11) is 0. The number of carbonyl (C=O) groups is 1. The lowest BCUT2D eigenvalue weighted by molar-refractivity contribution is -0.123. The normalized spacial score (nSPS) is 10.6. The molecule has 0 aliphatic rings. The Morgan fingerprint density at radius 3 is 2.77 bits per heavy atom. The fourth-order valence-electron chi connectivity index (χ4n) is 2.08. The smallest absolute Gasteiger partial charge is 0.258 e. The summed E-state index contributed by atoms with van der Waals surface area (Å²) in [6, 6.07) is 13.8. The number of amides is 1. The van der Waals surface area contributed by atoms with Crippen LogP contribution in [0, 0.1) is 0 Å². The van der Waals surface area contributed by atoms with E-state index in [2.05, 4.69) is 21.2 Å². The molecule has 0 aliphatic carbocycles. The van der Waals surface area contributed by atoms with Crippen molar-refractivity contribution in [3.8, 4) is 5.75 Å². The Balaban J connectivity index is 1.56. The largest absolute Gasteiger partial charge is 0.484 e. The number of nitrogens with one attached hydrogen (secondary N) is 1. The molecule has 0 fully saturated rings. The number of hydrogen-bond donors (Lipinski definition) is 1. The van der Waals surface area contributed by atoms with E-state index in [0.29, 0.717) is 12.3 Å². The van der Waals surface area contributed by atoms with Crippen molar-refractivity contribution in [2.45, 2.75) is 6.54 Å². The van der Waals surface area contributed by atoms with Crippen LogP contribution in [0.3, 0.4) is 0 Å². The highest BCUT2D eigenvalue weighted by Gasteiger charge is 2.04. The third-order valence-corrected chi connectivity index (χ3v) is 4.44. The van der Waals surface area contributed by atoms with Crippen LogP contribution in [0.5, 0.6) is 5.75 Å². The average molecular weight is 376 g/mol. The Bertz CT molecular complexity index is 786. The van der Waals surface area contributed by atoms with E-state index in [1.807, 2.05) is 53.2 Å². The lowest BCUT2D eigenvalue weighted by Gasteiger charge is -2.08. The summed E-state index contributed by atoms with van der Waals surface area (Å²) in [5, 5.41) is 9.06. The molecule has 22 heavy (non-hydrogen) atoms. The Kier molecular flexibility index (Phi) is 4.75. The van der Waals surface area contributed by atoms with Crippen LogP contribution < -0.4 is 10.1 Å². The third kappa shape index (κ3) is 3.87. The molecular formula is C17H14BrNO2S. The average Bonchev–Trinajstić information content (AvgIpc) is 3.04. The molecule has 0 aliphatic heterocycles. The van der Waals surface area contributed by atoms with Gasteiger partial charge in [0.1, 0.15) is 5.75 Å². The van der Waals surface area contributed by atoms with Gasteiger partial charge < -0.3 is 10.1 Å². The van der Waals surface area contributed by atoms with Crippen molar-refractivity contribution in [1.29, 1.82) is 0 Å². The Morgan fingerprint density at radius 2 is 1.95 bits per heavy atom. The number of thiophene rings is 1. The van der Waals surface area contributed by atoms with Crippen molar-refractivity contribution in [3.05, 3.63) is 63.3 Å². The van der Waals surface area contributed by atoms with E-state index in [-0.39, 0.29) is 12.5 Å². The predicted molar refractivity (Wildman–Crippen MR) is 93.3 cm³/mol. The summed E-state index contributed by atoms with van der Waals surface area (Å²) >= 11 is 5.07. The van der Waals surface area contributed by atoms with Gasteiger partial charge >= 0.3 is 0 Å². The van der Waals surface area contributed by atoms with Crippen LogP contribution in [0.15, 0.2) is 57.7 Å². The first kappa shape index (κ1) is 15.1. The summed E-state index contributed by atoms with van der Waals surface area (Å²) in [6.07, 6.45) is 0. The highest BCUT2D eigenvalue weighted by molar-refractivity contribution is 9.10. The van der Waals surface area contributed by atoms with Gasteiger partial charge in [-0.1, -0.05) is 28.1 Å². The molecule has 5 heteroatoms. The number of benzene rings is 2. The molecule has 1 N–H and O–H groups in total. The minimum atomic E-state index is -0.123. The van der Waals surface area contributed by atoms with Crippen LogP contribution in [-0.2, 0) is 11.3 Å². The Hall–Kier alpha value is -1.85. The maximum absolute atomic E-state index is 11.8. The molecule has 0 atom stereocenters. The van der Waals surface area contributed by atoms with Gasteiger partial charge in [0.15, 0.2) is 6.61 Å². The molecule has 0 saturated carbocycles. The van der Waals surface area contributed by atoms with Gasteiger partial charge in [-0.2, -0.15) is 11.3 Å². The van der Waals surface area contributed by atoms with Gasteiger partial charge in [0, 0.05) is 11.0 Å². The zero-order valence-electron chi connectivity index (χ0n) is 11.7. The molecule has 1 heterocycles. The van der Waals surface area contributed by atoms with Crippen LogP contribution in [-0.4, -0.2) is 12.5 Å². The van der Waals surface area contributed by atoms with E-state index >= 15 is 0 Å². The van der Waals surface area contributed by atoms with Gasteiger partial charge in [-0.25, -0.2) is 0 Å². The number of ether oxygens (including phenoxy) is 1. The van der Waals surface area contributed by atoms with Crippen LogP contribution in [0.25, 0.3) is 10.8 Å². The summed E-state index contributed by atoms with van der Waals surface area (Å²) in [6.45, 7) is 0.559. The summed E-state index contributed by atoms with van der Waals surface area (Å²) in [4.78, 5) is 11.8. The quantitative estimate of drug-likeness (QED) is 0.719. The summed E-state index contributed by atoms with van der Waals surface area (Å²) in [5.41, 5.74) is 1.11. The van der Waals surface area contributed by atoms with E-state index in [4.69, 9.17) is 4.74 Å². The standard InChI is InChI=1S/C17H14BrNO2S/c18-15-3-1-14-8-16(4-2-13(14)7-15)21-10-17(20)19-9-12-5-6-22-11-12/h1-8,11H,9-10H2,(H,19,20). The van der Waals surface area contributed by atoms with Crippen molar-refractivity contribution >= 4 is 43.9 Å². The second kappa shape index (κ2) is 6.94. The minimum absolute atomic E-state index is 0.0200. The fraction of sp³-hybridized carbons (Fsp3) is 0.118. The predicted octanol–water partition coefficient (Wildman–Crippen LogP) is 4.36. The van der Waals surface area contributed by atoms with E-state index in [0.717, 1.165) is 20.8 Å². The first-order chi connectivity index (χ1) is 10.7. The van der Waals surface area contributed by atoms with Crippen molar-refractivity contribution in [2.75, 3.05) is 6.61 Å². The lowest BCUT2D eigenvalue weighted by Crippen LogP contribution is -2.28. The fourth-order valence-corrected chi connectivity index (χ4v) is 3.13. The van der Waals surface area contributed by atoms with Crippen LogP contribution in [0.4, 0.5) is 0 Å². The number of rotatable bonds is 5. The zero-order valence-corrected chi connectivity index (χ0v) is 14.1. The van der Waals surface area contributed by atoms with E-state index < -0.39 is 0 Å². The van der Waals surface area contributed by atoms with Gasteiger partial charge in [0.25, 0.3) is 5.91 Å². The molecule has 0 spiro atoms. The molecular weight excluding hydrogens is 362 g/mol. The molecule has 3 aromatic rings. The van der Waals surface area contributed by atoms with Crippen LogP contribution in [0.2, 0.25) is 0 Å². The van der Waals surface area contributed by atoms with Gasteiger partial charge in [-0.05, 0) is 57.4 Å². The maximum Gasteiger partial charge on any atom is 0.258 e. The highest BCUT2D eigenvalue weighted by Crippen LogP contribution is 2.24. The lowest BCUT2D eigenvalue weighted by atomic mass is 10.1. The first-order valence-electron chi connectivity index (χ1n) is 6.80. The minimum Gasteiger partial charge on any atom is -0.484 e. The van der Waals surface area contributed by atoms with Crippen molar-refractivity contribution in [3.63, 3.8) is 0 Å². The second-order valence-electron chi connectivity index (χ2n) is 4.85. The van der Waals surface area contributed by atoms with Crippen LogP contribution in [0.1, 0.15) is 5.56 Å². The maximum atomic E-state index is 11.8. The molecule has 2 aromatic carbocycles. The van der Waals surface area contributed by atoms with Gasteiger partial charge in [-0.3, -0.25) is 4.79 Å². The molecule has 112 valence electrons. The molecule has 1 amide bonds. The van der Waals surface area contributed by atoms with Crippen molar-refractivity contribution in [1.82, 2.24) is 5.32 Å². The number of halogens is 1. The van der Waals surface area contributed by atoms with E-state index in [9.17, 15) is 4.79 Å². The number of hydrogen-bond acceptors (Lipinski definition) is 3. The molecule has 0 bridgehead atoms. The molecule has 0 radical (unpaired) electrons. The SMILES string of the molecule is O=C(COc1ccc2cc(Br)ccc2c1)NCc1ccsc1. The van der Waals surface area contributed by atoms with Crippen molar-refractivity contribution < 1.29 is 9.53 Å². The molecule has 1 aromatic heterocycles. The molecule has 3 nitrogen and oxygen atoms in total. The van der Waals surface area contributed by atoms with Gasteiger partial charge in [0.2, 0.25) is 0 Å². The monoisotopic (exact) mass is 375 g/mol. The molecule has 0 saturated heterocycles. The summed E-state index contributed by atoms with van der Waals surface area (Å²) in [5.74, 6) is 0.572. The van der Waals surface area contributed by atoms with Crippen LogP contribution >= 0.6 is 27.3 Å². The Morgan fingerprint density at radius 1 is 1.14 bits per heavy atom. The highest BCUT2D eigenvalue weighted by atomic mass is 79.9. The van der Waals surface area contributed by atoms with Crippen molar-refractivity contribution in [2.24, 2.45) is 0 Å². The van der Waals surface area contributed by atoms with Gasteiger partial charge in [-0.15, -0.1) is 0 Å². The van der Waals surface area contributed by atoms with Gasteiger partial charge in [0.05, 0.1) is 0 Å². The molecule has 3 rings (SSSR count). The third-order valence-electron chi connectivity index (χ3n) is 3.21. The zero-order chi connectivity index (χ0) is 15.4. The first-order valence-corrected chi connectivity index (χ1v) is 8.54.